The zero-order chi connectivity index (χ0) is 21.6. The predicted octanol–water partition coefficient (Wildman–Crippen LogP) is 5.44. The molecule has 1 saturated heterocycles. The number of fused-ring (bicyclic) bond motifs is 1. The maximum absolute atomic E-state index is 11.6. The summed E-state index contributed by atoms with van der Waals surface area (Å²) >= 11 is 0. The molecule has 4 rings (SSSR count). The van der Waals surface area contributed by atoms with E-state index in [1.807, 2.05) is 6.07 Å². The number of hydrogen-bond acceptors (Lipinski definition) is 5. The van der Waals surface area contributed by atoms with Crippen LogP contribution in [0.15, 0.2) is 18.2 Å². The fourth-order valence-corrected chi connectivity index (χ4v) is 7.11. The van der Waals surface area contributed by atoms with Crippen molar-refractivity contribution < 1.29 is 19.0 Å². The first-order valence-corrected chi connectivity index (χ1v) is 11.6. The van der Waals surface area contributed by atoms with Gasteiger partial charge in [-0.2, -0.15) is 0 Å². The highest BCUT2D eigenvalue weighted by Gasteiger charge is 2.66. The molecule has 3 atom stereocenters. The lowest BCUT2D eigenvalue weighted by Crippen LogP contribution is -2.73. The third-order valence-electron chi connectivity index (χ3n) is 8.62. The molecule has 2 aliphatic carbocycles. The highest BCUT2D eigenvalue weighted by molar-refractivity contribution is 5.59. The van der Waals surface area contributed by atoms with E-state index in [-0.39, 0.29) is 29.3 Å². The van der Waals surface area contributed by atoms with Crippen LogP contribution < -0.4 is 4.74 Å². The second-order valence-corrected chi connectivity index (χ2v) is 10.00. The minimum atomic E-state index is -0.690. The number of piperidine rings is 1. The van der Waals surface area contributed by atoms with Crippen LogP contribution in [-0.4, -0.2) is 43.1 Å². The molecule has 2 bridgehead atoms. The van der Waals surface area contributed by atoms with Gasteiger partial charge in [0.2, 0.25) is 6.79 Å². The van der Waals surface area contributed by atoms with Gasteiger partial charge in [0.1, 0.15) is 5.75 Å². The zero-order valence-electron chi connectivity index (χ0n) is 19.3. The first-order chi connectivity index (χ1) is 14.3. The Labute approximate surface area is 181 Å². The van der Waals surface area contributed by atoms with Crippen LogP contribution in [-0.2, 0) is 21.3 Å². The lowest BCUT2D eigenvalue weighted by atomic mass is 9.40. The molecule has 0 aromatic heterocycles. The van der Waals surface area contributed by atoms with Crippen molar-refractivity contribution in [2.24, 2.45) is 5.41 Å². The smallest absolute Gasteiger partial charge is 0.457 e. The molecule has 0 radical (unpaired) electrons. The average molecular weight is 416 g/mol. The Bertz CT molecular complexity index is 808. The first kappa shape index (κ1) is 21.5. The van der Waals surface area contributed by atoms with E-state index in [1.165, 1.54) is 49.7 Å². The fourth-order valence-electron chi connectivity index (χ4n) is 7.11. The Morgan fingerprint density at radius 1 is 1.20 bits per heavy atom. The molecular formula is C25H37NO4. The number of hydrogen-bond donors (Lipinski definition) is 0. The van der Waals surface area contributed by atoms with Crippen molar-refractivity contribution in [1.29, 1.82) is 0 Å². The molecule has 2 fully saturated rings. The van der Waals surface area contributed by atoms with Crippen molar-refractivity contribution in [3.63, 3.8) is 0 Å². The van der Waals surface area contributed by atoms with Crippen LogP contribution in [0.5, 0.6) is 5.75 Å². The van der Waals surface area contributed by atoms with E-state index in [4.69, 9.17) is 14.2 Å². The molecule has 1 aromatic carbocycles. The monoisotopic (exact) mass is 415 g/mol. The van der Waals surface area contributed by atoms with E-state index in [1.54, 1.807) is 13.8 Å². The van der Waals surface area contributed by atoms with Crippen LogP contribution >= 0.6 is 0 Å². The lowest BCUT2D eigenvalue weighted by molar-refractivity contribution is -0.143. The maximum atomic E-state index is 11.6. The molecule has 1 saturated carbocycles. The van der Waals surface area contributed by atoms with Gasteiger partial charge in [-0.3, -0.25) is 4.90 Å². The van der Waals surface area contributed by atoms with Crippen molar-refractivity contribution in [3.8, 4) is 5.75 Å². The van der Waals surface area contributed by atoms with Gasteiger partial charge in [0.25, 0.3) is 0 Å². The third-order valence-corrected chi connectivity index (χ3v) is 8.62. The summed E-state index contributed by atoms with van der Waals surface area (Å²) in [6.45, 7) is 9.55. The quantitative estimate of drug-likeness (QED) is 0.473. The SMILES string of the molecule is CCC12Cc3ccc(OCOC(=O)OC(C)C)cc3[C@@]3(CCCC[C@]13C)CCN2C. The van der Waals surface area contributed by atoms with Crippen molar-refractivity contribution in [2.75, 3.05) is 20.4 Å². The molecule has 1 aliphatic heterocycles. The van der Waals surface area contributed by atoms with Crippen molar-refractivity contribution in [1.82, 2.24) is 4.90 Å². The number of likely N-dealkylation sites (tertiary alicyclic amines) is 1. The van der Waals surface area contributed by atoms with Gasteiger partial charge in [-0.1, -0.05) is 32.8 Å². The molecule has 1 unspecified atom stereocenters. The second kappa shape index (κ2) is 7.74. The van der Waals surface area contributed by atoms with E-state index in [9.17, 15) is 4.79 Å². The van der Waals surface area contributed by atoms with E-state index in [2.05, 4.69) is 37.9 Å². The van der Waals surface area contributed by atoms with Crippen molar-refractivity contribution >= 4 is 6.16 Å². The second-order valence-electron chi connectivity index (χ2n) is 10.00. The number of rotatable bonds is 5. The molecule has 0 amide bonds. The van der Waals surface area contributed by atoms with Gasteiger partial charge >= 0.3 is 6.16 Å². The van der Waals surface area contributed by atoms with Crippen LogP contribution in [0.3, 0.4) is 0 Å². The Balaban J connectivity index is 1.64. The van der Waals surface area contributed by atoms with Crippen LogP contribution in [0.4, 0.5) is 4.79 Å². The standard InChI is InChI=1S/C25H37NO4/c1-6-25-16-19-9-10-20(28-17-29-22(27)30-18(2)3)15-21(19)24(13-14-26(25)5)12-8-7-11-23(24,25)4/h9-10,15,18H,6-8,11-14,16-17H2,1-5H3/t23-,24+,25?/m0/s1. The number of benzene rings is 1. The van der Waals surface area contributed by atoms with Gasteiger partial charge in [0.05, 0.1) is 6.10 Å². The van der Waals surface area contributed by atoms with E-state index < -0.39 is 6.16 Å². The molecule has 30 heavy (non-hydrogen) atoms. The van der Waals surface area contributed by atoms with E-state index >= 15 is 0 Å². The molecule has 5 nitrogen and oxygen atoms in total. The van der Waals surface area contributed by atoms with Gasteiger partial charge in [-0.15, -0.1) is 0 Å². The fraction of sp³-hybridized carbons (Fsp3) is 0.720. The number of carbonyl (C=O) groups excluding carboxylic acids is 1. The minimum Gasteiger partial charge on any atom is -0.457 e. The van der Waals surface area contributed by atoms with Crippen LogP contribution in [0.25, 0.3) is 0 Å². The highest BCUT2D eigenvalue weighted by Crippen LogP contribution is 2.67. The summed E-state index contributed by atoms with van der Waals surface area (Å²) in [4.78, 5) is 14.3. The number of nitrogens with zero attached hydrogens (tertiary/aromatic N) is 1. The molecule has 3 aliphatic rings. The summed E-state index contributed by atoms with van der Waals surface area (Å²) in [7, 11) is 2.34. The summed E-state index contributed by atoms with van der Waals surface area (Å²) < 4.78 is 15.9. The Morgan fingerprint density at radius 3 is 2.70 bits per heavy atom. The topological polar surface area (TPSA) is 48.0 Å². The minimum absolute atomic E-state index is 0.129. The summed E-state index contributed by atoms with van der Waals surface area (Å²) in [5, 5.41) is 0. The molecule has 166 valence electrons. The summed E-state index contributed by atoms with van der Waals surface area (Å²) in [5.74, 6) is 0.774. The van der Waals surface area contributed by atoms with Gasteiger partial charge in [-0.05, 0) is 88.2 Å². The Morgan fingerprint density at radius 2 is 1.97 bits per heavy atom. The van der Waals surface area contributed by atoms with Crippen molar-refractivity contribution in [2.45, 2.75) is 89.7 Å². The van der Waals surface area contributed by atoms with Crippen molar-refractivity contribution in [3.05, 3.63) is 29.3 Å². The van der Waals surface area contributed by atoms with E-state index in [0.717, 1.165) is 18.7 Å². The van der Waals surface area contributed by atoms with Gasteiger partial charge < -0.3 is 14.2 Å². The van der Waals surface area contributed by atoms with Gasteiger partial charge in [0.15, 0.2) is 0 Å². The zero-order valence-corrected chi connectivity index (χ0v) is 19.3. The molecule has 5 heteroatoms. The summed E-state index contributed by atoms with van der Waals surface area (Å²) in [5.41, 5.74) is 3.64. The average Bonchev–Trinajstić information content (AvgIpc) is 2.70. The molecular weight excluding hydrogens is 378 g/mol. The largest absolute Gasteiger partial charge is 0.511 e. The van der Waals surface area contributed by atoms with Crippen LogP contribution in [0, 0.1) is 5.41 Å². The van der Waals surface area contributed by atoms with E-state index in [0.29, 0.717) is 0 Å². The Kier molecular flexibility index (Phi) is 5.54. The normalized spacial score (nSPS) is 32.9. The maximum Gasteiger partial charge on any atom is 0.511 e. The molecule has 0 N–H and O–H groups in total. The van der Waals surface area contributed by atoms with Gasteiger partial charge in [-0.25, -0.2) is 4.79 Å². The molecule has 1 aromatic rings. The highest BCUT2D eigenvalue weighted by atomic mass is 16.8. The first-order valence-electron chi connectivity index (χ1n) is 11.6. The van der Waals surface area contributed by atoms with Gasteiger partial charge in [0, 0.05) is 11.0 Å². The predicted molar refractivity (Wildman–Crippen MR) is 117 cm³/mol. The summed E-state index contributed by atoms with van der Waals surface area (Å²) in [6, 6.07) is 6.51. The Hall–Kier alpha value is -1.75. The number of likely N-dealkylation sites (N-methyl/N-ethyl adjacent to an activating group) is 1. The van der Waals surface area contributed by atoms with Crippen LogP contribution in [0.1, 0.15) is 77.3 Å². The molecule has 0 spiro atoms. The third kappa shape index (κ3) is 3.04. The molecule has 1 heterocycles. The number of ether oxygens (including phenoxy) is 3. The lowest BCUT2D eigenvalue weighted by Gasteiger charge is -2.71. The summed E-state index contributed by atoms with van der Waals surface area (Å²) in [6.07, 6.45) is 7.77. The number of carbonyl (C=O) groups is 1. The van der Waals surface area contributed by atoms with Crippen LogP contribution in [0.2, 0.25) is 0 Å².